The molecule has 0 unspecified atom stereocenters. The van der Waals surface area contributed by atoms with Crippen LogP contribution >= 0.6 is 11.3 Å². The number of H-pyrrole nitrogens is 1. The Morgan fingerprint density at radius 2 is 2.40 bits per heavy atom. The van der Waals surface area contributed by atoms with Crippen molar-refractivity contribution in [3.63, 3.8) is 0 Å². The molecule has 10 heavy (non-hydrogen) atoms. The zero-order valence-corrected chi connectivity index (χ0v) is 6.99. The quantitative estimate of drug-likeness (QED) is 0.695. The van der Waals surface area contributed by atoms with Crippen LogP contribution in [0.15, 0.2) is 10.2 Å². The van der Waals surface area contributed by atoms with Crippen molar-refractivity contribution in [1.82, 2.24) is 4.98 Å². The van der Waals surface area contributed by atoms with E-state index in [4.69, 9.17) is 0 Å². The van der Waals surface area contributed by atoms with E-state index in [1.807, 2.05) is 5.38 Å². The first-order valence-electron chi connectivity index (χ1n) is 3.35. The van der Waals surface area contributed by atoms with Crippen molar-refractivity contribution in [2.24, 2.45) is 5.92 Å². The van der Waals surface area contributed by atoms with Gasteiger partial charge in [-0.1, -0.05) is 25.2 Å². The fourth-order valence-corrected chi connectivity index (χ4v) is 1.45. The van der Waals surface area contributed by atoms with E-state index in [0.717, 1.165) is 12.1 Å². The topological polar surface area (TPSA) is 32.9 Å². The van der Waals surface area contributed by atoms with Crippen LogP contribution < -0.4 is 4.87 Å². The lowest BCUT2D eigenvalue weighted by Crippen LogP contribution is -1.98. The predicted molar refractivity (Wildman–Crippen MR) is 43.5 cm³/mol. The van der Waals surface area contributed by atoms with Gasteiger partial charge in [0.1, 0.15) is 0 Å². The van der Waals surface area contributed by atoms with Crippen LogP contribution in [0.5, 0.6) is 0 Å². The van der Waals surface area contributed by atoms with Crippen molar-refractivity contribution in [2.45, 2.75) is 20.3 Å². The summed E-state index contributed by atoms with van der Waals surface area (Å²) in [5, 5.41) is 1.89. The molecule has 0 atom stereocenters. The molecule has 0 aliphatic carbocycles. The van der Waals surface area contributed by atoms with Gasteiger partial charge >= 0.3 is 4.87 Å². The Kier molecular flexibility index (Phi) is 2.27. The smallest absolute Gasteiger partial charge is 0.304 e. The van der Waals surface area contributed by atoms with Crippen molar-refractivity contribution in [1.29, 1.82) is 0 Å². The number of thiazole rings is 1. The summed E-state index contributed by atoms with van der Waals surface area (Å²) in [6.07, 6.45) is 0.971. The number of aromatic nitrogens is 1. The third-order valence-electron chi connectivity index (χ3n) is 1.20. The maximum Gasteiger partial charge on any atom is 0.304 e. The van der Waals surface area contributed by atoms with Crippen LogP contribution in [0.25, 0.3) is 0 Å². The highest BCUT2D eigenvalue weighted by Crippen LogP contribution is 2.04. The Morgan fingerprint density at radius 1 is 1.70 bits per heavy atom. The number of nitrogens with one attached hydrogen (secondary N) is 1. The average molecular weight is 157 g/mol. The molecule has 0 bridgehead atoms. The van der Waals surface area contributed by atoms with Crippen LogP contribution in [0, 0.1) is 5.92 Å². The molecule has 1 aromatic rings. The Bertz CT molecular complexity index is 248. The maximum absolute atomic E-state index is 10.6. The molecule has 2 nitrogen and oxygen atoms in total. The van der Waals surface area contributed by atoms with Crippen LogP contribution in [0.1, 0.15) is 19.5 Å². The summed E-state index contributed by atoms with van der Waals surface area (Å²) >= 11 is 1.24. The SMILES string of the molecule is CC(C)Cc1csc(=O)[nH]1. The molecule has 56 valence electrons. The molecule has 0 spiro atoms. The second kappa shape index (κ2) is 3.01. The minimum absolute atomic E-state index is 0.0515. The van der Waals surface area contributed by atoms with Crippen LogP contribution in [0.3, 0.4) is 0 Å². The minimum atomic E-state index is 0.0515. The summed E-state index contributed by atoms with van der Waals surface area (Å²) in [6.45, 7) is 4.27. The summed E-state index contributed by atoms with van der Waals surface area (Å²) in [7, 11) is 0. The van der Waals surface area contributed by atoms with Gasteiger partial charge in [0.25, 0.3) is 0 Å². The van der Waals surface area contributed by atoms with E-state index in [-0.39, 0.29) is 4.87 Å². The van der Waals surface area contributed by atoms with Crippen molar-refractivity contribution < 1.29 is 0 Å². The highest BCUT2D eigenvalue weighted by atomic mass is 32.1. The lowest BCUT2D eigenvalue weighted by molar-refractivity contribution is 0.637. The van der Waals surface area contributed by atoms with E-state index in [0.29, 0.717) is 5.92 Å². The highest BCUT2D eigenvalue weighted by Gasteiger charge is 1.98. The molecule has 0 aromatic carbocycles. The molecule has 0 aliphatic heterocycles. The Labute approximate surface area is 63.9 Å². The van der Waals surface area contributed by atoms with E-state index >= 15 is 0 Å². The summed E-state index contributed by atoms with van der Waals surface area (Å²) in [4.78, 5) is 13.5. The van der Waals surface area contributed by atoms with Gasteiger partial charge in [-0.2, -0.15) is 0 Å². The van der Waals surface area contributed by atoms with Gasteiger partial charge in [0, 0.05) is 11.1 Å². The monoisotopic (exact) mass is 157 g/mol. The Morgan fingerprint density at radius 3 is 2.80 bits per heavy atom. The second-order valence-electron chi connectivity index (χ2n) is 2.77. The lowest BCUT2D eigenvalue weighted by atomic mass is 10.1. The molecule has 0 fully saturated rings. The largest absolute Gasteiger partial charge is 0.317 e. The fourth-order valence-electron chi connectivity index (χ4n) is 0.854. The molecule has 1 N–H and O–H groups in total. The van der Waals surface area contributed by atoms with Crippen molar-refractivity contribution in [3.05, 3.63) is 20.7 Å². The van der Waals surface area contributed by atoms with Gasteiger partial charge in [-0.25, -0.2) is 0 Å². The summed E-state index contributed by atoms with van der Waals surface area (Å²) in [5.41, 5.74) is 1.06. The van der Waals surface area contributed by atoms with Crippen molar-refractivity contribution in [3.8, 4) is 0 Å². The van der Waals surface area contributed by atoms with Crippen LogP contribution in [-0.2, 0) is 6.42 Å². The van der Waals surface area contributed by atoms with Gasteiger partial charge in [0.2, 0.25) is 0 Å². The molecule has 0 amide bonds. The minimum Gasteiger partial charge on any atom is -0.317 e. The average Bonchev–Trinajstić information content (AvgIpc) is 2.13. The van der Waals surface area contributed by atoms with Gasteiger partial charge in [-0.3, -0.25) is 4.79 Å². The molecule has 1 rings (SSSR count). The van der Waals surface area contributed by atoms with E-state index in [1.165, 1.54) is 11.3 Å². The lowest BCUT2D eigenvalue weighted by Gasteiger charge is -1.98. The first-order valence-corrected chi connectivity index (χ1v) is 4.23. The van der Waals surface area contributed by atoms with Gasteiger partial charge in [0.15, 0.2) is 0 Å². The van der Waals surface area contributed by atoms with Gasteiger partial charge in [-0.05, 0) is 12.3 Å². The molecule has 0 saturated carbocycles. The van der Waals surface area contributed by atoms with E-state index < -0.39 is 0 Å². The highest BCUT2D eigenvalue weighted by molar-refractivity contribution is 7.07. The molecular formula is C7H11NOS. The molecule has 1 heterocycles. The van der Waals surface area contributed by atoms with Crippen LogP contribution in [0.2, 0.25) is 0 Å². The molecule has 0 saturated heterocycles. The first-order chi connectivity index (χ1) is 4.68. The number of aromatic amines is 1. The Balaban J connectivity index is 2.67. The van der Waals surface area contributed by atoms with Gasteiger partial charge < -0.3 is 4.98 Å². The van der Waals surface area contributed by atoms with E-state index in [2.05, 4.69) is 18.8 Å². The molecule has 3 heteroatoms. The maximum atomic E-state index is 10.6. The molecule has 0 radical (unpaired) electrons. The normalized spacial score (nSPS) is 10.7. The van der Waals surface area contributed by atoms with Crippen molar-refractivity contribution >= 4 is 11.3 Å². The van der Waals surface area contributed by atoms with E-state index in [1.54, 1.807) is 0 Å². The van der Waals surface area contributed by atoms with Gasteiger partial charge in [0.05, 0.1) is 0 Å². The number of rotatable bonds is 2. The standard InChI is InChI=1S/C7H11NOS/c1-5(2)3-6-4-10-7(9)8-6/h4-5H,3H2,1-2H3,(H,8,9). The Hall–Kier alpha value is -0.570. The third-order valence-corrected chi connectivity index (χ3v) is 1.92. The zero-order chi connectivity index (χ0) is 7.56. The third kappa shape index (κ3) is 1.99. The molecule has 1 aromatic heterocycles. The summed E-state index contributed by atoms with van der Waals surface area (Å²) in [6, 6.07) is 0. The number of hydrogen-bond donors (Lipinski definition) is 1. The van der Waals surface area contributed by atoms with Crippen molar-refractivity contribution in [2.75, 3.05) is 0 Å². The summed E-state index contributed by atoms with van der Waals surface area (Å²) < 4.78 is 0. The second-order valence-corrected chi connectivity index (χ2v) is 3.61. The number of hydrogen-bond acceptors (Lipinski definition) is 2. The predicted octanol–water partition coefficient (Wildman–Crippen LogP) is 1.63. The van der Waals surface area contributed by atoms with E-state index in [9.17, 15) is 4.79 Å². The molecule has 0 aliphatic rings. The van der Waals surface area contributed by atoms with Crippen LogP contribution in [-0.4, -0.2) is 4.98 Å². The zero-order valence-electron chi connectivity index (χ0n) is 6.18. The first kappa shape index (κ1) is 7.54. The fraction of sp³-hybridized carbons (Fsp3) is 0.571. The summed E-state index contributed by atoms with van der Waals surface area (Å²) in [5.74, 6) is 0.616. The van der Waals surface area contributed by atoms with Gasteiger partial charge in [-0.15, -0.1) is 0 Å². The molecular weight excluding hydrogens is 146 g/mol. The van der Waals surface area contributed by atoms with Crippen LogP contribution in [0.4, 0.5) is 0 Å².